The molecule has 3 amide bonds. The summed E-state index contributed by atoms with van der Waals surface area (Å²) >= 11 is 1.35. The minimum atomic E-state index is -0.532. The fourth-order valence-corrected chi connectivity index (χ4v) is 5.81. The molecule has 0 spiro atoms. The minimum Gasteiger partial charge on any atom is -0.450 e. The van der Waals surface area contributed by atoms with Gasteiger partial charge in [0.2, 0.25) is 5.91 Å². The molecule has 3 N–H and O–H groups in total. The van der Waals surface area contributed by atoms with Crippen molar-refractivity contribution >= 4 is 34.2 Å². The number of unbranched alkanes of at least 4 members (excludes halogenated alkanes) is 1. The molecule has 8 heteroatoms. The molecule has 1 aliphatic carbocycles. The van der Waals surface area contributed by atoms with Gasteiger partial charge < -0.3 is 20.7 Å². The number of carbonyl (C=O) groups is 3. The van der Waals surface area contributed by atoms with E-state index in [2.05, 4.69) is 12.2 Å². The summed E-state index contributed by atoms with van der Waals surface area (Å²) < 4.78 is 5.09. The first-order valence-electron chi connectivity index (χ1n) is 11.1. The van der Waals surface area contributed by atoms with Crippen LogP contribution in [-0.2, 0) is 22.5 Å². The largest absolute Gasteiger partial charge is 0.450 e. The second-order valence-electron chi connectivity index (χ2n) is 8.29. The van der Waals surface area contributed by atoms with E-state index in [1.807, 2.05) is 0 Å². The lowest BCUT2D eigenvalue weighted by molar-refractivity contribution is -0.121. The van der Waals surface area contributed by atoms with E-state index in [4.69, 9.17) is 10.5 Å². The summed E-state index contributed by atoms with van der Waals surface area (Å²) in [6, 6.07) is 0. The maximum absolute atomic E-state index is 12.9. The van der Waals surface area contributed by atoms with E-state index in [-0.39, 0.29) is 17.9 Å². The first-order valence-corrected chi connectivity index (χ1v) is 11.9. The Bertz CT molecular complexity index is 784. The molecule has 0 aromatic carbocycles. The number of hydrogen-bond acceptors (Lipinski definition) is 5. The van der Waals surface area contributed by atoms with E-state index in [0.717, 1.165) is 42.0 Å². The van der Waals surface area contributed by atoms with Gasteiger partial charge in [0.15, 0.2) is 0 Å². The van der Waals surface area contributed by atoms with E-state index >= 15 is 0 Å². The molecule has 0 saturated heterocycles. The van der Waals surface area contributed by atoms with Crippen molar-refractivity contribution in [3.8, 4) is 0 Å². The third-order valence-electron chi connectivity index (χ3n) is 6.25. The van der Waals surface area contributed by atoms with Gasteiger partial charge in [0.05, 0.1) is 18.7 Å². The van der Waals surface area contributed by atoms with Crippen molar-refractivity contribution in [1.82, 2.24) is 4.90 Å². The number of rotatable bonds is 7. The molecule has 0 bridgehead atoms. The van der Waals surface area contributed by atoms with Gasteiger partial charge >= 0.3 is 6.09 Å². The topological polar surface area (TPSA) is 102 Å². The number of anilines is 1. The lowest BCUT2D eigenvalue weighted by Crippen LogP contribution is -2.36. The zero-order valence-corrected chi connectivity index (χ0v) is 18.8. The number of carbonyl (C=O) groups excluding carboxylic acids is 3. The second-order valence-corrected chi connectivity index (χ2v) is 9.40. The van der Waals surface area contributed by atoms with Gasteiger partial charge in [0.1, 0.15) is 5.00 Å². The van der Waals surface area contributed by atoms with E-state index < -0.39 is 5.91 Å². The van der Waals surface area contributed by atoms with Crippen LogP contribution in [0.1, 0.15) is 79.6 Å². The maximum atomic E-state index is 12.9. The second kappa shape index (κ2) is 10.3. The van der Waals surface area contributed by atoms with E-state index in [9.17, 15) is 14.4 Å². The zero-order valence-electron chi connectivity index (χ0n) is 18.0. The summed E-state index contributed by atoms with van der Waals surface area (Å²) in [4.78, 5) is 39.6. The molecule has 166 valence electrons. The van der Waals surface area contributed by atoms with Gasteiger partial charge in [0.25, 0.3) is 5.91 Å². The predicted octanol–water partition coefficient (Wildman–Crippen LogP) is 4.30. The molecule has 1 aromatic heterocycles. The average molecular weight is 436 g/mol. The molecule has 1 fully saturated rings. The molecule has 1 aliphatic heterocycles. The highest BCUT2D eigenvalue weighted by Crippen LogP contribution is 2.38. The third-order valence-corrected chi connectivity index (χ3v) is 7.38. The van der Waals surface area contributed by atoms with Crippen molar-refractivity contribution in [3.63, 3.8) is 0 Å². The molecule has 30 heavy (non-hydrogen) atoms. The Hall–Kier alpha value is -2.09. The first-order chi connectivity index (χ1) is 14.4. The Kier molecular flexibility index (Phi) is 7.75. The summed E-state index contributed by atoms with van der Waals surface area (Å²) in [5.41, 5.74) is 6.91. The van der Waals surface area contributed by atoms with Gasteiger partial charge in [-0.05, 0) is 50.5 Å². The van der Waals surface area contributed by atoms with Crippen LogP contribution in [0, 0.1) is 11.8 Å². The van der Waals surface area contributed by atoms with Crippen LogP contribution in [-0.4, -0.2) is 36.0 Å². The van der Waals surface area contributed by atoms with Crippen LogP contribution in [0.2, 0.25) is 0 Å². The highest BCUT2D eigenvalue weighted by Gasteiger charge is 2.32. The molecule has 0 unspecified atom stereocenters. The van der Waals surface area contributed by atoms with Crippen LogP contribution in [0.25, 0.3) is 0 Å². The standard InChI is InChI=1S/C22H33N3O4S/c1-3-5-6-14-7-9-15(10-8-14)20(27)24-21-18(19(23)26)16-11-12-25(13-17(16)30-21)22(28)29-4-2/h14-15H,3-13H2,1-2H3,(H2,23,26)(H,24,27). The van der Waals surface area contributed by atoms with Crippen molar-refractivity contribution in [2.75, 3.05) is 18.5 Å². The summed E-state index contributed by atoms with van der Waals surface area (Å²) in [6.07, 6.45) is 7.88. The van der Waals surface area contributed by atoms with Crippen LogP contribution in [0.5, 0.6) is 0 Å². The third kappa shape index (κ3) is 5.14. The summed E-state index contributed by atoms with van der Waals surface area (Å²) in [5.74, 6) is 0.166. The number of nitrogens with one attached hydrogen (secondary N) is 1. The number of amides is 3. The van der Waals surface area contributed by atoms with Crippen molar-refractivity contribution in [3.05, 3.63) is 16.0 Å². The molecule has 0 atom stereocenters. The Morgan fingerprint density at radius 3 is 2.57 bits per heavy atom. The van der Waals surface area contributed by atoms with Gasteiger partial charge in [0, 0.05) is 17.3 Å². The summed E-state index contributed by atoms with van der Waals surface area (Å²) in [6.45, 7) is 5.15. The van der Waals surface area contributed by atoms with Crippen LogP contribution in [0.4, 0.5) is 9.80 Å². The quantitative estimate of drug-likeness (QED) is 0.667. The lowest BCUT2D eigenvalue weighted by atomic mass is 9.79. The number of ether oxygens (including phenoxy) is 1. The highest BCUT2D eigenvalue weighted by atomic mass is 32.1. The Balaban J connectivity index is 1.67. The van der Waals surface area contributed by atoms with Gasteiger partial charge in [-0.15, -0.1) is 11.3 Å². The smallest absolute Gasteiger partial charge is 0.410 e. The summed E-state index contributed by atoms with van der Waals surface area (Å²) in [5, 5.41) is 3.51. The summed E-state index contributed by atoms with van der Waals surface area (Å²) in [7, 11) is 0. The van der Waals surface area contributed by atoms with Crippen molar-refractivity contribution < 1.29 is 19.1 Å². The van der Waals surface area contributed by atoms with Gasteiger partial charge in [-0.2, -0.15) is 0 Å². The SMILES string of the molecule is CCCCC1CCC(C(=O)Nc2sc3c(c2C(N)=O)CCN(C(=O)OCC)C3)CC1. The van der Waals surface area contributed by atoms with Gasteiger partial charge in [-0.1, -0.05) is 26.2 Å². The highest BCUT2D eigenvalue weighted by molar-refractivity contribution is 7.17. The van der Waals surface area contributed by atoms with Crippen LogP contribution in [0.3, 0.4) is 0 Å². The Morgan fingerprint density at radius 1 is 1.20 bits per heavy atom. The first kappa shape index (κ1) is 22.6. The number of fused-ring (bicyclic) bond motifs is 1. The fraction of sp³-hybridized carbons (Fsp3) is 0.682. The Labute approximate surface area is 182 Å². The minimum absolute atomic E-state index is 0.0150. The van der Waals surface area contributed by atoms with E-state index in [1.54, 1.807) is 11.8 Å². The molecule has 1 aromatic rings. The molecule has 2 heterocycles. The molecule has 7 nitrogen and oxygen atoms in total. The maximum Gasteiger partial charge on any atom is 0.410 e. The number of thiophene rings is 1. The lowest BCUT2D eigenvalue weighted by Gasteiger charge is -2.27. The molecule has 1 saturated carbocycles. The van der Waals surface area contributed by atoms with Crippen molar-refractivity contribution in [1.29, 1.82) is 0 Å². The van der Waals surface area contributed by atoms with Crippen molar-refractivity contribution in [2.45, 2.75) is 71.8 Å². The monoisotopic (exact) mass is 435 g/mol. The van der Waals surface area contributed by atoms with Crippen LogP contribution in [0.15, 0.2) is 0 Å². The molecule has 0 radical (unpaired) electrons. The fourth-order valence-electron chi connectivity index (χ4n) is 4.54. The number of primary amides is 1. The molecular formula is C22H33N3O4S. The Morgan fingerprint density at radius 2 is 1.93 bits per heavy atom. The number of nitrogens with zero attached hydrogens (tertiary/aromatic N) is 1. The van der Waals surface area contributed by atoms with E-state index in [0.29, 0.717) is 36.7 Å². The molecule has 3 rings (SSSR count). The predicted molar refractivity (Wildman–Crippen MR) is 118 cm³/mol. The van der Waals surface area contributed by atoms with Gasteiger partial charge in [-0.3, -0.25) is 9.59 Å². The molecule has 2 aliphatic rings. The average Bonchev–Trinajstić information content (AvgIpc) is 3.09. The normalized spacial score (nSPS) is 21.1. The zero-order chi connectivity index (χ0) is 21.7. The van der Waals surface area contributed by atoms with E-state index in [1.165, 1.54) is 30.6 Å². The number of hydrogen-bond donors (Lipinski definition) is 2. The van der Waals surface area contributed by atoms with Crippen LogP contribution >= 0.6 is 11.3 Å². The number of nitrogens with two attached hydrogens (primary N) is 1. The van der Waals surface area contributed by atoms with Crippen molar-refractivity contribution in [2.24, 2.45) is 17.6 Å². The molecular weight excluding hydrogens is 402 g/mol. The van der Waals surface area contributed by atoms with Crippen LogP contribution < -0.4 is 11.1 Å². The van der Waals surface area contributed by atoms with Gasteiger partial charge in [-0.25, -0.2) is 4.79 Å².